The number of rotatable bonds is 4. The average molecular weight is 342 g/mol. The van der Waals surface area contributed by atoms with Crippen molar-refractivity contribution in [2.24, 2.45) is 0 Å². The van der Waals surface area contributed by atoms with Gasteiger partial charge in [-0.2, -0.15) is 11.8 Å². The molecule has 6 heteroatoms. The van der Waals surface area contributed by atoms with E-state index in [-0.39, 0.29) is 13.5 Å². The third kappa shape index (κ3) is 4.68. The SMILES string of the molecule is C.OC1C2OCCCOC(C(CSCc3ccccc3)O2)C1O. The van der Waals surface area contributed by atoms with Gasteiger partial charge in [0.05, 0.1) is 12.7 Å². The van der Waals surface area contributed by atoms with E-state index in [2.05, 4.69) is 12.1 Å². The van der Waals surface area contributed by atoms with Crippen LogP contribution in [0.15, 0.2) is 30.3 Å². The normalized spacial score (nSPS) is 34.1. The number of fused-ring (bicyclic) bond motifs is 6. The predicted molar refractivity (Wildman–Crippen MR) is 90.3 cm³/mol. The summed E-state index contributed by atoms with van der Waals surface area (Å²) in [4.78, 5) is 0. The van der Waals surface area contributed by atoms with Crippen LogP contribution in [0.2, 0.25) is 0 Å². The van der Waals surface area contributed by atoms with E-state index in [0.717, 1.165) is 12.2 Å². The van der Waals surface area contributed by atoms with Crippen LogP contribution in [0.4, 0.5) is 0 Å². The van der Waals surface area contributed by atoms with Crippen molar-refractivity contribution >= 4 is 11.8 Å². The Kier molecular flexibility index (Phi) is 7.33. The van der Waals surface area contributed by atoms with E-state index in [1.54, 1.807) is 11.8 Å². The van der Waals surface area contributed by atoms with Gasteiger partial charge in [-0.25, -0.2) is 0 Å². The first-order valence-corrected chi connectivity index (χ1v) is 8.77. The molecule has 0 spiro atoms. The van der Waals surface area contributed by atoms with E-state index < -0.39 is 24.6 Å². The van der Waals surface area contributed by atoms with Crippen LogP contribution in [0, 0.1) is 0 Å². The van der Waals surface area contributed by atoms with Crippen molar-refractivity contribution in [1.29, 1.82) is 0 Å². The zero-order valence-corrected chi connectivity index (χ0v) is 13.2. The number of hydrogen-bond acceptors (Lipinski definition) is 6. The van der Waals surface area contributed by atoms with Crippen LogP contribution in [-0.2, 0) is 20.0 Å². The second-order valence-electron chi connectivity index (χ2n) is 5.58. The molecule has 0 radical (unpaired) electrons. The van der Waals surface area contributed by atoms with Gasteiger partial charge in [0.1, 0.15) is 18.3 Å². The number of ether oxygens (including phenoxy) is 3. The third-order valence-electron chi connectivity index (χ3n) is 3.92. The summed E-state index contributed by atoms with van der Waals surface area (Å²) in [5.74, 6) is 1.56. The highest BCUT2D eigenvalue weighted by molar-refractivity contribution is 7.98. The Hall–Kier alpha value is -0.630. The van der Waals surface area contributed by atoms with Crippen LogP contribution < -0.4 is 0 Å². The molecular formula is C17H26O5S. The second-order valence-corrected chi connectivity index (χ2v) is 6.61. The summed E-state index contributed by atoms with van der Waals surface area (Å²) in [5.41, 5.74) is 1.25. The summed E-state index contributed by atoms with van der Waals surface area (Å²) in [6.45, 7) is 0.968. The maximum atomic E-state index is 10.2. The molecule has 1 aromatic carbocycles. The van der Waals surface area contributed by atoms with Crippen LogP contribution in [-0.4, -0.2) is 59.9 Å². The highest BCUT2D eigenvalue weighted by Gasteiger charge is 2.46. The van der Waals surface area contributed by atoms with Gasteiger partial charge in [-0.3, -0.25) is 0 Å². The fourth-order valence-corrected chi connectivity index (χ4v) is 3.77. The molecule has 0 aliphatic carbocycles. The molecule has 3 saturated heterocycles. The summed E-state index contributed by atoms with van der Waals surface area (Å²) in [7, 11) is 0. The van der Waals surface area contributed by atoms with Crippen LogP contribution in [0.25, 0.3) is 0 Å². The van der Waals surface area contributed by atoms with Gasteiger partial charge < -0.3 is 24.4 Å². The fraction of sp³-hybridized carbons (Fsp3) is 0.647. The summed E-state index contributed by atoms with van der Waals surface area (Å²) in [6, 6.07) is 10.2. The summed E-state index contributed by atoms with van der Waals surface area (Å²) >= 11 is 1.73. The van der Waals surface area contributed by atoms with Gasteiger partial charge in [-0.05, 0) is 12.0 Å². The van der Waals surface area contributed by atoms with Crippen molar-refractivity contribution in [1.82, 2.24) is 0 Å². The topological polar surface area (TPSA) is 68.2 Å². The van der Waals surface area contributed by atoms with E-state index >= 15 is 0 Å². The summed E-state index contributed by atoms with van der Waals surface area (Å²) in [6.07, 6.45) is -2.85. The van der Waals surface area contributed by atoms with E-state index in [4.69, 9.17) is 14.2 Å². The van der Waals surface area contributed by atoms with Crippen molar-refractivity contribution in [3.8, 4) is 0 Å². The Morgan fingerprint density at radius 2 is 1.78 bits per heavy atom. The molecule has 5 nitrogen and oxygen atoms in total. The molecule has 3 aliphatic heterocycles. The Morgan fingerprint density at radius 1 is 1.04 bits per heavy atom. The van der Waals surface area contributed by atoms with Crippen molar-refractivity contribution in [2.75, 3.05) is 19.0 Å². The molecule has 0 saturated carbocycles. The van der Waals surface area contributed by atoms with E-state index in [9.17, 15) is 10.2 Å². The van der Waals surface area contributed by atoms with Crippen molar-refractivity contribution in [2.45, 2.75) is 50.3 Å². The van der Waals surface area contributed by atoms with Crippen molar-refractivity contribution < 1.29 is 24.4 Å². The van der Waals surface area contributed by atoms with Gasteiger partial charge in [-0.1, -0.05) is 37.8 Å². The predicted octanol–water partition coefficient (Wildman–Crippen LogP) is 1.81. The number of thioether (sulfide) groups is 1. The molecular weight excluding hydrogens is 316 g/mol. The van der Waals surface area contributed by atoms with Crippen molar-refractivity contribution in [3.05, 3.63) is 35.9 Å². The maximum absolute atomic E-state index is 10.2. The zero-order valence-electron chi connectivity index (χ0n) is 12.3. The molecule has 1 aromatic rings. The second kappa shape index (κ2) is 9.01. The largest absolute Gasteiger partial charge is 0.387 e. The molecule has 0 aromatic heterocycles. The van der Waals surface area contributed by atoms with Gasteiger partial charge >= 0.3 is 0 Å². The number of aliphatic hydroxyl groups is 2. The minimum Gasteiger partial charge on any atom is -0.387 e. The molecule has 5 unspecified atom stereocenters. The summed E-state index contributed by atoms with van der Waals surface area (Å²) in [5, 5.41) is 20.3. The maximum Gasteiger partial charge on any atom is 0.186 e. The van der Waals surface area contributed by atoms with Gasteiger partial charge in [0.2, 0.25) is 0 Å². The van der Waals surface area contributed by atoms with E-state index in [0.29, 0.717) is 19.0 Å². The molecule has 23 heavy (non-hydrogen) atoms. The third-order valence-corrected chi connectivity index (χ3v) is 5.02. The Balaban J connectivity index is 0.00000192. The van der Waals surface area contributed by atoms with Crippen LogP contribution in [0.1, 0.15) is 19.4 Å². The highest BCUT2D eigenvalue weighted by atomic mass is 32.2. The lowest BCUT2D eigenvalue weighted by Gasteiger charge is -2.41. The molecule has 5 atom stereocenters. The monoisotopic (exact) mass is 342 g/mol. The number of hydrogen-bond donors (Lipinski definition) is 2. The quantitative estimate of drug-likeness (QED) is 0.870. The molecule has 2 bridgehead atoms. The van der Waals surface area contributed by atoms with E-state index in [1.165, 1.54) is 5.56 Å². The lowest BCUT2D eigenvalue weighted by Crippen LogP contribution is -2.59. The Morgan fingerprint density at radius 3 is 2.57 bits per heavy atom. The highest BCUT2D eigenvalue weighted by Crippen LogP contribution is 2.28. The lowest BCUT2D eigenvalue weighted by molar-refractivity contribution is -0.289. The minimum atomic E-state index is -1.06. The molecule has 4 rings (SSSR count). The molecule has 3 heterocycles. The van der Waals surface area contributed by atoms with Crippen LogP contribution in [0.5, 0.6) is 0 Å². The molecule has 2 N–H and O–H groups in total. The smallest absolute Gasteiger partial charge is 0.186 e. The molecule has 130 valence electrons. The summed E-state index contributed by atoms with van der Waals surface area (Å²) < 4.78 is 17.0. The standard InChI is InChI=1S/C16H22O5S.CH4/c17-13-14(18)16-20-8-4-7-19-15(13)12(21-16)10-22-9-11-5-2-1-3-6-11;/h1-3,5-6,12-18H,4,7-10H2;1H4. The fourth-order valence-electron chi connectivity index (χ4n) is 2.73. The van der Waals surface area contributed by atoms with Crippen LogP contribution >= 0.6 is 11.8 Å². The lowest BCUT2D eigenvalue weighted by atomic mass is 10.00. The molecule has 3 fully saturated rings. The first kappa shape index (κ1) is 18.7. The average Bonchev–Trinajstić information content (AvgIpc) is 2.68. The van der Waals surface area contributed by atoms with Gasteiger partial charge in [0.15, 0.2) is 6.29 Å². The van der Waals surface area contributed by atoms with Gasteiger partial charge in [0, 0.05) is 18.1 Å². The number of benzene rings is 1. The van der Waals surface area contributed by atoms with E-state index in [1.807, 2.05) is 18.2 Å². The Labute approximate surface area is 141 Å². The first-order valence-electron chi connectivity index (χ1n) is 7.62. The van der Waals surface area contributed by atoms with Gasteiger partial charge in [0.25, 0.3) is 0 Å². The Bertz CT molecular complexity index is 456. The number of aliphatic hydroxyl groups excluding tert-OH is 2. The first-order chi connectivity index (χ1) is 10.8. The zero-order chi connectivity index (χ0) is 15.4. The van der Waals surface area contributed by atoms with Crippen molar-refractivity contribution in [3.63, 3.8) is 0 Å². The van der Waals surface area contributed by atoms with Crippen LogP contribution in [0.3, 0.4) is 0 Å². The minimum absolute atomic E-state index is 0. The van der Waals surface area contributed by atoms with Gasteiger partial charge in [-0.15, -0.1) is 0 Å². The molecule has 3 aliphatic rings. The molecule has 0 amide bonds.